The molecule has 5 nitrogen and oxygen atoms in total. The number of carbonyl (C=O) groups is 2. The summed E-state index contributed by atoms with van der Waals surface area (Å²) in [4.78, 5) is 28.8. The number of nitrogens with zero attached hydrogens (tertiary/aromatic N) is 1. The van der Waals surface area contributed by atoms with Gasteiger partial charge in [0, 0.05) is 29.9 Å². The minimum absolute atomic E-state index is 0.0732. The van der Waals surface area contributed by atoms with Crippen LogP contribution in [0.4, 0.5) is 0 Å². The lowest BCUT2D eigenvalue weighted by Gasteiger charge is -2.26. The highest BCUT2D eigenvalue weighted by Gasteiger charge is 2.31. The minimum Gasteiger partial charge on any atom is -0.378 e. The van der Waals surface area contributed by atoms with Crippen molar-refractivity contribution in [2.45, 2.75) is 38.1 Å². The van der Waals surface area contributed by atoms with Gasteiger partial charge in [-0.25, -0.2) is 0 Å². The van der Waals surface area contributed by atoms with Crippen molar-refractivity contribution < 1.29 is 14.3 Å². The number of hydrogen-bond donors (Lipinski definition) is 1. The van der Waals surface area contributed by atoms with Gasteiger partial charge in [0.25, 0.3) is 5.91 Å². The zero-order chi connectivity index (χ0) is 15.8. The molecule has 0 aromatic carbocycles. The van der Waals surface area contributed by atoms with E-state index >= 15 is 0 Å². The monoisotopic (exact) mass is 334 g/mol. The van der Waals surface area contributed by atoms with Crippen molar-refractivity contribution in [1.29, 1.82) is 0 Å². The lowest BCUT2D eigenvalue weighted by Crippen LogP contribution is -2.40. The third-order valence-corrected chi connectivity index (χ3v) is 6.11. The van der Waals surface area contributed by atoms with Gasteiger partial charge >= 0.3 is 0 Å². The molecule has 2 amide bonds. The molecule has 0 radical (unpaired) electrons. The van der Waals surface area contributed by atoms with Crippen molar-refractivity contribution in [3.8, 4) is 0 Å². The van der Waals surface area contributed by atoms with E-state index in [1.165, 1.54) is 10.4 Å². The summed E-state index contributed by atoms with van der Waals surface area (Å²) in [5.41, 5.74) is 1.20. The fraction of sp³-hybridized carbons (Fsp3) is 0.647. The van der Waals surface area contributed by atoms with Gasteiger partial charge in [-0.3, -0.25) is 9.59 Å². The van der Waals surface area contributed by atoms with Crippen LogP contribution in [0.2, 0.25) is 0 Å². The number of fused-ring (bicyclic) bond motifs is 1. The third-order valence-electron chi connectivity index (χ3n) is 4.89. The molecule has 23 heavy (non-hydrogen) atoms. The van der Waals surface area contributed by atoms with Gasteiger partial charge in [0.2, 0.25) is 5.91 Å². The second-order valence-electron chi connectivity index (χ2n) is 6.69. The molecule has 4 rings (SSSR count). The van der Waals surface area contributed by atoms with Crippen LogP contribution in [0.5, 0.6) is 0 Å². The second kappa shape index (κ2) is 6.24. The van der Waals surface area contributed by atoms with Crippen molar-refractivity contribution in [3.63, 3.8) is 0 Å². The first-order valence-electron chi connectivity index (χ1n) is 8.49. The van der Waals surface area contributed by atoms with Gasteiger partial charge in [-0.15, -0.1) is 11.3 Å². The Morgan fingerprint density at radius 2 is 2.00 bits per heavy atom. The van der Waals surface area contributed by atoms with E-state index in [1.54, 1.807) is 11.3 Å². The molecule has 3 aliphatic rings. The Kier molecular flexibility index (Phi) is 4.11. The number of carbonyl (C=O) groups excluding carboxylic acids is 2. The van der Waals surface area contributed by atoms with E-state index in [4.69, 9.17) is 4.74 Å². The Hall–Kier alpha value is -1.40. The van der Waals surface area contributed by atoms with Gasteiger partial charge in [0.1, 0.15) is 0 Å². The molecule has 1 saturated carbocycles. The van der Waals surface area contributed by atoms with Gasteiger partial charge in [0.15, 0.2) is 0 Å². The SMILES string of the molecule is O=C(NC1CC1)C1CCc2sc(C(=O)N3CCOCC3)cc2C1. The topological polar surface area (TPSA) is 58.6 Å². The highest BCUT2D eigenvalue weighted by atomic mass is 32.1. The Bertz CT molecular complexity index is 617. The van der Waals surface area contributed by atoms with Crippen LogP contribution in [0.3, 0.4) is 0 Å². The molecule has 0 bridgehead atoms. The van der Waals surface area contributed by atoms with Crippen molar-refractivity contribution in [3.05, 3.63) is 21.4 Å². The lowest BCUT2D eigenvalue weighted by atomic mass is 9.87. The fourth-order valence-corrected chi connectivity index (χ4v) is 4.50. The molecule has 2 fully saturated rings. The summed E-state index contributed by atoms with van der Waals surface area (Å²) in [6.45, 7) is 2.60. The molecule has 0 spiro atoms. The van der Waals surface area contributed by atoms with Crippen LogP contribution >= 0.6 is 11.3 Å². The molecule has 1 aromatic heterocycles. The van der Waals surface area contributed by atoms with E-state index in [9.17, 15) is 9.59 Å². The van der Waals surface area contributed by atoms with E-state index in [1.807, 2.05) is 11.0 Å². The summed E-state index contributed by atoms with van der Waals surface area (Å²) in [5.74, 6) is 0.390. The molecular formula is C17H22N2O3S. The number of nitrogens with one attached hydrogen (secondary N) is 1. The maximum Gasteiger partial charge on any atom is 0.264 e. The predicted molar refractivity (Wildman–Crippen MR) is 87.7 cm³/mol. The molecule has 2 aliphatic carbocycles. The van der Waals surface area contributed by atoms with Crippen LogP contribution in [-0.2, 0) is 22.4 Å². The molecule has 1 unspecified atom stereocenters. The summed E-state index contributed by atoms with van der Waals surface area (Å²) in [6.07, 6.45) is 4.85. The van der Waals surface area contributed by atoms with Crippen LogP contribution in [0.1, 0.15) is 39.4 Å². The van der Waals surface area contributed by atoms with Gasteiger partial charge in [-0.1, -0.05) is 0 Å². The molecule has 1 aromatic rings. The normalized spacial score (nSPS) is 24.2. The molecule has 1 aliphatic heterocycles. The zero-order valence-electron chi connectivity index (χ0n) is 13.2. The van der Waals surface area contributed by atoms with Gasteiger partial charge in [0.05, 0.1) is 18.1 Å². The zero-order valence-corrected chi connectivity index (χ0v) is 14.0. The summed E-state index contributed by atoms with van der Waals surface area (Å²) in [7, 11) is 0. The number of hydrogen-bond acceptors (Lipinski definition) is 4. The molecule has 6 heteroatoms. The Balaban J connectivity index is 1.44. The van der Waals surface area contributed by atoms with E-state index < -0.39 is 0 Å². The maximum absolute atomic E-state index is 12.6. The summed E-state index contributed by atoms with van der Waals surface area (Å²) < 4.78 is 5.31. The Morgan fingerprint density at radius 1 is 1.22 bits per heavy atom. The van der Waals surface area contributed by atoms with Crippen LogP contribution in [-0.4, -0.2) is 49.1 Å². The average molecular weight is 334 g/mol. The van der Waals surface area contributed by atoms with Crippen molar-refractivity contribution in [1.82, 2.24) is 10.2 Å². The van der Waals surface area contributed by atoms with Crippen LogP contribution in [0.25, 0.3) is 0 Å². The standard InChI is InChI=1S/C17H22N2O3S/c20-16(18-13-2-3-13)11-1-4-14-12(9-11)10-15(23-14)17(21)19-5-7-22-8-6-19/h10-11,13H,1-9H2,(H,18,20). The van der Waals surface area contributed by atoms with E-state index in [2.05, 4.69) is 5.32 Å². The number of ether oxygens (including phenoxy) is 1. The van der Waals surface area contributed by atoms with E-state index in [-0.39, 0.29) is 17.7 Å². The maximum atomic E-state index is 12.6. The summed E-state index contributed by atoms with van der Waals surface area (Å²) in [6, 6.07) is 2.44. The Morgan fingerprint density at radius 3 is 2.74 bits per heavy atom. The number of rotatable bonds is 3. The number of morpholine rings is 1. The molecule has 2 heterocycles. The first kappa shape index (κ1) is 15.1. The van der Waals surface area contributed by atoms with E-state index in [0.717, 1.165) is 37.0 Å². The van der Waals surface area contributed by atoms with Gasteiger partial charge < -0.3 is 15.0 Å². The third kappa shape index (κ3) is 3.28. The largest absolute Gasteiger partial charge is 0.378 e. The van der Waals surface area contributed by atoms with Gasteiger partial charge in [-0.2, -0.15) is 0 Å². The molecule has 1 atom stereocenters. The van der Waals surface area contributed by atoms with Gasteiger partial charge in [-0.05, 0) is 43.7 Å². The summed E-state index contributed by atoms with van der Waals surface area (Å²) in [5, 5.41) is 3.11. The van der Waals surface area contributed by atoms with Crippen LogP contribution in [0, 0.1) is 5.92 Å². The molecule has 1 N–H and O–H groups in total. The quantitative estimate of drug-likeness (QED) is 0.913. The van der Waals surface area contributed by atoms with Crippen molar-refractivity contribution in [2.24, 2.45) is 5.92 Å². The first-order chi connectivity index (χ1) is 11.2. The second-order valence-corrected chi connectivity index (χ2v) is 7.82. The number of aryl methyl sites for hydroxylation is 1. The molecule has 124 valence electrons. The lowest BCUT2D eigenvalue weighted by molar-refractivity contribution is -0.125. The van der Waals surface area contributed by atoms with E-state index in [0.29, 0.717) is 32.3 Å². The van der Waals surface area contributed by atoms with Crippen LogP contribution < -0.4 is 5.32 Å². The molecule has 1 saturated heterocycles. The van der Waals surface area contributed by atoms with Crippen LogP contribution in [0.15, 0.2) is 6.07 Å². The Labute approximate surface area is 140 Å². The average Bonchev–Trinajstić information content (AvgIpc) is 3.29. The summed E-state index contributed by atoms with van der Waals surface area (Å²) >= 11 is 1.61. The smallest absolute Gasteiger partial charge is 0.264 e. The fourth-order valence-electron chi connectivity index (χ4n) is 3.32. The van der Waals surface area contributed by atoms with Crippen molar-refractivity contribution in [2.75, 3.05) is 26.3 Å². The minimum atomic E-state index is 0.0732. The first-order valence-corrected chi connectivity index (χ1v) is 9.31. The highest BCUT2D eigenvalue weighted by molar-refractivity contribution is 7.14. The molecular weight excluding hydrogens is 312 g/mol. The van der Waals surface area contributed by atoms with Crippen molar-refractivity contribution >= 4 is 23.2 Å². The predicted octanol–water partition coefficient (Wildman–Crippen LogP) is 1.60. The highest BCUT2D eigenvalue weighted by Crippen LogP contribution is 2.33. The number of amides is 2. The number of thiophene rings is 1.